The van der Waals surface area contributed by atoms with Crippen molar-refractivity contribution in [3.63, 3.8) is 0 Å². The van der Waals surface area contributed by atoms with Crippen LogP contribution >= 0.6 is 12.4 Å². The summed E-state index contributed by atoms with van der Waals surface area (Å²) in [6.07, 6.45) is 0.148. The van der Waals surface area contributed by atoms with Crippen molar-refractivity contribution in [2.75, 3.05) is 11.4 Å². The van der Waals surface area contributed by atoms with Gasteiger partial charge in [-0.15, -0.1) is 12.4 Å². The largest absolute Gasteiger partial charge is 0.351 e. The second-order valence-electron chi connectivity index (χ2n) is 4.00. The molecule has 0 aliphatic carbocycles. The van der Waals surface area contributed by atoms with Crippen LogP contribution in [-0.2, 0) is 17.9 Å². The summed E-state index contributed by atoms with van der Waals surface area (Å²) in [7, 11) is 0. The van der Waals surface area contributed by atoms with E-state index in [4.69, 9.17) is 10.5 Å². The SMILES string of the molecule is CCCN1c2ccc(CN)cc2COC1O.Cl. The van der Waals surface area contributed by atoms with E-state index in [1.807, 2.05) is 23.1 Å². The van der Waals surface area contributed by atoms with Crippen molar-refractivity contribution in [2.24, 2.45) is 5.73 Å². The summed E-state index contributed by atoms with van der Waals surface area (Å²) in [6.45, 7) is 3.85. The Bertz CT molecular complexity index is 374. The molecule has 0 saturated carbocycles. The molecule has 1 aliphatic rings. The van der Waals surface area contributed by atoms with Crippen molar-refractivity contribution in [1.29, 1.82) is 0 Å². The second-order valence-corrected chi connectivity index (χ2v) is 4.00. The van der Waals surface area contributed by atoms with Crippen LogP contribution in [0, 0.1) is 0 Å². The van der Waals surface area contributed by atoms with E-state index in [1.165, 1.54) is 0 Å². The van der Waals surface area contributed by atoms with Crippen LogP contribution in [0.15, 0.2) is 18.2 Å². The summed E-state index contributed by atoms with van der Waals surface area (Å²) < 4.78 is 5.31. The molecule has 3 N–H and O–H groups in total. The van der Waals surface area contributed by atoms with Gasteiger partial charge in [-0.1, -0.05) is 19.1 Å². The van der Waals surface area contributed by atoms with Crippen molar-refractivity contribution < 1.29 is 9.84 Å². The van der Waals surface area contributed by atoms with E-state index in [0.29, 0.717) is 13.2 Å². The molecule has 0 bridgehead atoms. The van der Waals surface area contributed by atoms with Gasteiger partial charge in [0.1, 0.15) is 0 Å². The van der Waals surface area contributed by atoms with Crippen LogP contribution in [0.25, 0.3) is 0 Å². The first-order chi connectivity index (χ1) is 7.76. The van der Waals surface area contributed by atoms with Gasteiger partial charge in [0.25, 0.3) is 0 Å². The summed E-state index contributed by atoms with van der Waals surface area (Å²) in [5.41, 5.74) is 8.84. The summed E-state index contributed by atoms with van der Waals surface area (Å²) in [6, 6.07) is 6.06. The second kappa shape index (κ2) is 6.21. The quantitative estimate of drug-likeness (QED) is 0.865. The molecule has 1 heterocycles. The average Bonchev–Trinajstić information content (AvgIpc) is 2.32. The molecular weight excluding hydrogens is 240 g/mol. The van der Waals surface area contributed by atoms with E-state index in [0.717, 1.165) is 29.8 Å². The van der Waals surface area contributed by atoms with E-state index in [2.05, 4.69) is 6.92 Å². The highest BCUT2D eigenvalue weighted by molar-refractivity contribution is 5.85. The highest BCUT2D eigenvalue weighted by Gasteiger charge is 2.24. The minimum Gasteiger partial charge on any atom is -0.351 e. The zero-order valence-electron chi connectivity index (χ0n) is 9.93. The fourth-order valence-corrected chi connectivity index (χ4v) is 2.01. The van der Waals surface area contributed by atoms with E-state index in [-0.39, 0.29) is 12.4 Å². The first kappa shape index (κ1) is 14.3. The van der Waals surface area contributed by atoms with Crippen molar-refractivity contribution in [3.8, 4) is 0 Å². The third-order valence-corrected chi connectivity index (χ3v) is 2.81. The third-order valence-electron chi connectivity index (χ3n) is 2.81. The molecule has 1 atom stereocenters. The molecule has 0 radical (unpaired) electrons. The monoisotopic (exact) mass is 258 g/mol. The molecule has 1 aromatic rings. The number of nitrogens with two attached hydrogens (primary N) is 1. The van der Waals surface area contributed by atoms with Gasteiger partial charge in [-0.2, -0.15) is 0 Å². The number of nitrogens with zero attached hydrogens (tertiary/aromatic N) is 1. The molecule has 4 nitrogen and oxygen atoms in total. The standard InChI is InChI=1S/C12H18N2O2.ClH/c1-2-5-14-11-4-3-9(7-13)6-10(11)8-16-12(14)15;/h3-4,6,12,15H,2,5,7-8,13H2,1H3;1H. The maximum atomic E-state index is 9.75. The molecule has 0 spiro atoms. The van der Waals surface area contributed by atoms with Gasteiger partial charge in [-0.05, 0) is 18.1 Å². The zero-order valence-corrected chi connectivity index (χ0v) is 10.7. The van der Waals surface area contributed by atoms with Gasteiger partial charge in [0.15, 0.2) is 0 Å². The fourth-order valence-electron chi connectivity index (χ4n) is 2.01. The van der Waals surface area contributed by atoms with Crippen LogP contribution < -0.4 is 10.6 Å². The summed E-state index contributed by atoms with van der Waals surface area (Å²) in [4.78, 5) is 1.87. The molecule has 17 heavy (non-hydrogen) atoms. The predicted octanol–water partition coefficient (Wildman–Crippen LogP) is 1.59. The Hall–Kier alpha value is -0.810. The van der Waals surface area contributed by atoms with Crippen molar-refractivity contribution in [3.05, 3.63) is 29.3 Å². The van der Waals surface area contributed by atoms with Gasteiger partial charge in [-0.3, -0.25) is 0 Å². The highest BCUT2D eigenvalue weighted by Crippen LogP contribution is 2.29. The van der Waals surface area contributed by atoms with Gasteiger partial charge < -0.3 is 20.5 Å². The summed E-state index contributed by atoms with van der Waals surface area (Å²) in [5.74, 6) is 0. The molecule has 0 amide bonds. The molecule has 1 unspecified atom stereocenters. The molecule has 96 valence electrons. The van der Waals surface area contributed by atoms with Gasteiger partial charge in [-0.25, -0.2) is 0 Å². The van der Waals surface area contributed by atoms with Crippen LogP contribution in [0.5, 0.6) is 0 Å². The topological polar surface area (TPSA) is 58.7 Å². The van der Waals surface area contributed by atoms with Crippen molar-refractivity contribution in [2.45, 2.75) is 32.9 Å². The Labute approximate surface area is 108 Å². The number of fused-ring (bicyclic) bond motifs is 1. The lowest BCUT2D eigenvalue weighted by atomic mass is 10.1. The summed E-state index contributed by atoms with van der Waals surface area (Å²) >= 11 is 0. The fraction of sp³-hybridized carbons (Fsp3) is 0.500. The zero-order chi connectivity index (χ0) is 11.5. The van der Waals surface area contributed by atoms with Gasteiger partial charge in [0.05, 0.1) is 6.61 Å². The number of rotatable bonds is 3. The lowest BCUT2D eigenvalue weighted by Gasteiger charge is -2.35. The predicted molar refractivity (Wildman–Crippen MR) is 70.0 cm³/mol. The Kier molecular flexibility index (Phi) is 5.21. The lowest BCUT2D eigenvalue weighted by Crippen LogP contribution is -2.41. The van der Waals surface area contributed by atoms with Crippen molar-refractivity contribution >= 4 is 18.1 Å². The van der Waals surface area contributed by atoms with Gasteiger partial charge in [0.2, 0.25) is 6.41 Å². The Balaban J connectivity index is 0.00000144. The minimum absolute atomic E-state index is 0. The van der Waals surface area contributed by atoms with Crippen LogP contribution in [0.1, 0.15) is 24.5 Å². The highest BCUT2D eigenvalue weighted by atomic mass is 35.5. The van der Waals surface area contributed by atoms with E-state index < -0.39 is 6.41 Å². The number of benzene rings is 1. The Morgan fingerprint density at radius 2 is 2.29 bits per heavy atom. The van der Waals surface area contributed by atoms with Crippen LogP contribution in [-0.4, -0.2) is 18.1 Å². The van der Waals surface area contributed by atoms with Gasteiger partial charge in [0, 0.05) is 24.3 Å². The van der Waals surface area contributed by atoms with Crippen molar-refractivity contribution in [1.82, 2.24) is 0 Å². The summed E-state index contributed by atoms with van der Waals surface area (Å²) in [5, 5.41) is 9.75. The smallest absolute Gasteiger partial charge is 0.238 e. The first-order valence-corrected chi connectivity index (χ1v) is 5.64. The maximum absolute atomic E-state index is 9.75. The molecule has 1 aromatic carbocycles. The first-order valence-electron chi connectivity index (χ1n) is 5.64. The third kappa shape index (κ3) is 2.90. The number of hydrogen-bond donors (Lipinski definition) is 2. The normalized spacial score (nSPS) is 18.5. The Morgan fingerprint density at radius 1 is 1.53 bits per heavy atom. The molecule has 0 fully saturated rings. The van der Waals surface area contributed by atoms with Crippen LogP contribution in [0.3, 0.4) is 0 Å². The number of halogens is 1. The minimum atomic E-state index is -0.823. The lowest BCUT2D eigenvalue weighted by molar-refractivity contribution is -0.115. The molecule has 1 aliphatic heterocycles. The van der Waals surface area contributed by atoms with E-state index >= 15 is 0 Å². The number of ether oxygens (including phenoxy) is 1. The van der Waals surface area contributed by atoms with E-state index in [9.17, 15) is 5.11 Å². The number of aliphatic hydroxyl groups excluding tert-OH is 1. The number of anilines is 1. The Morgan fingerprint density at radius 3 is 2.94 bits per heavy atom. The average molecular weight is 259 g/mol. The molecular formula is C12H19ClN2O2. The molecule has 0 saturated heterocycles. The molecule has 5 heteroatoms. The van der Waals surface area contributed by atoms with E-state index in [1.54, 1.807) is 0 Å². The molecule has 2 rings (SSSR count). The van der Waals surface area contributed by atoms with Crippen LogP contribution in [0.4, 0.5) is 5.69 Å². The van der Waals surface area contributed by atoms with Crippen LogP contribution in [0.2, 0.25) is 0 Å². The number of hydrogen-bond acceptors (Lipinski definition) is 4. The molecule has 0 aromatic heterocycles. The number of aliphatic hydroxyl groups is 1. The maximum Gasteiger partial charge on any atom is 0.238 e. The van der Waals surface area contributed by atoms with Gasteiger partial charge >= 0.3 is 0 Å².